The van der Waals surface area contributed by atoms with Gasteiger partial charge in [0.25, 0.3) is 15.9 Å². The molecular weight excluding hydrogens is 379 g/mol. The lowest BCUT2D eigenvalue weighted by atomic mass is 10.2. The van der Waals surface area contributed by atoms with Crippen molar-refractivity contribution in [2.45, 2.75) is 11.8 Å². The van der Waals surface area contributed by atoms with E-state index in [1.807, 2.05) is 0 Å². The minimum Gasteiger partial charge on any atom is -0.322 e. The average molecular weight is 398 g/mol. The minimum atomic E-state index is -3.85. The van der Waals surface area contributed by atoms with Crippen LogP contribution in [0.25, 0.3) is 0 Å². The number of para-hydroxylation sites is 1. The van der Waals surface area contributed by atoms with Gasteiger partial charge in [-0.05, 0) is 55.5 Å². The number of rotatable bonds is 6. The third-order valence-corrected chi connectivity index (χ3v) is 6.00. The topological polar surface area (TPSA) is 66.5 Å². The summed E-state index contributed by atoms with van der Waals surface area (Å²) in [5.74, 6) is -0.999. The van der Waals surface area contributed by atoms with Gasteiger partial charge in [-0.25, -0.2) is 12.8 Å². The van der Waals surface area contributed by atoms with Gasteiger partial charge in [0, 0.05) is 17.8 Å². The standard InChI is InChI=1S/C21H19FN2O3S/c1-2-24(19-11-4-3-5-12-19)28(26,27)20-13-6-8-16(14-20)21(25)23-18-10-7-9-17(22)15-18/h3-15H,2H2,1H3,(H,23,25). The van der Waals surface area contributed by atoms with Crippen molar-refractivity contribution in [3.8, 4) is 0 Å². The van der Waals surface area contributed by atoms with Crippen LogP contribution in [0.15, 0.2) is 83.8 Å². The van der Waals surface area contributed by atoms with Crippen LogP contribution >= 0.6 is 0 Å². The lowest BCUT2D eigenvalue weighted by Crippen LogP contribution is -2.30. The smallest absolute Gasteiger partial charge is 0.264 e. The summed E-state index contributed by atoms with van der Waals surface area (Å²) < 4.78 is 40.7. The van der Waals surface area contributed by atoms with Crippen molar-refractivity contribution in [3.05, 3.63) is 90.2 Å². The number of carbonyl (C=O) groups is 1. The number of nitrogens with one attached hydrogen (secondary N) is 1. The molecular formula is C21H19FN2O3S. The molecule has 0 saturated heterocycles. The zero-order chi connectivity index (χ0) is 20.1. The second kappa shape index (κ2) is 8.22. The lowest BCUT2D eigenvalue weighted by molar-refractivity contribution is 0.102. The molecule has 1 N–H and O–H groups in total. The molecule has 0 radical (unpaired) electrons. The summed E-state index contributed by atoms with van der Waals surface area (Å²) in [6.45, 7) is 1.98. The molecule has 144 valence electrons. The van der Waals surface area contributed by atoms with Crippen LogP contribution in [0.4, 0.5) is 15.8 Å². The van der Waals surface area contributed by atoms with Crippen molar-refractivity contribution in [3.63, 3.8) is 0 Å². The number of benzene rings is 3. The Kier molecular flexibility index (Phi) is 5.75. The molecule has 0 saturated carbocycles. The molecule has 28 heavy (non-hydrogen) atoms. The summed E-state index contributed by atoms with van der Waals surface area (Å²) in [5.41, 5.74) is 0.992. The van der Waals surface area contributed by atoms with Crippen molar-refractivity contribution in [1.29, 1.82) is 0 Å². The van der Waals surface area contributed by atoms with Crippen LogP contribution in [0.5, 0.6) is 0 Å². The molecule has 0 atom stereocenters. The molecule has 0 spiro atoms. The predicted octanol–water partition coefficient (Wildman–Crippen LogP) is 4.29. The van der Waals surface area contributed by atoms with Gasteiger partial charge >= 0.3 is 0 Å². The Hall–Kier alpha value is -3.19. The van der Waals surface area contributed by atoms with E-state index in [2.05, 4.69) is 5.32 Å². The first-order valence-electron chi connectivity index (χ1n) is 8.66. The maximum Gasteiger partial charge on any atom is 0.264 e. The predicted molar refractivity (Wildman–Crippen MR) is 107 cm³/mol. The summed E-state index contributed by atoms with van der Waals surface area (Å²) in [4.78, 5) is 12.5. The third-order valence-electron chi connectivity index (χ3n) is 4.10. The Morgan fingerprint density at radius 1 is 0.964 bits per heavy atom. The highest BCUT2D eigenvalue weighted by Gasteiger charge is 2.24. The Balaban J connectivity index is 1.90. The number of carbonyl (C=O) groups excluding carboxylic acids is 1. The second-order valence-electron chi connectivity index (χ2n) is 6.00. The van der Waals surface area contributed by atoms with Crippen LogP contribution in [0.2, 0.25) is 0 Å². The van der Waals surface area contributed by atoms with Crippen molar-refractivity contribution < 1.29 is 17.6 Å². The SMILES string of the molecule is CCN(c1ccccc1)S(=O)(=O)c1cccc(C(=O)Nc2cccc(F)c2)c1. The Labute approximate surface area is 163 Å². The van der Waals surface area contributed by atoms with Crippen LogP contribution in [0.3, 0.4) is 0 Å². The molecule has 3 aromatic carbocycles. The lowest BCUT2D eigenvalue weighted by Gasteiger charge is -2.23. The van der Waals surface area contributed by atoms with Gasteiger partial charge in [-0.2, -0.15) is 0 Å². The maximum absolute atomic E-state index is 13.3. The number of amides is 1. The van der Waals surface area contributed by atoms with Crippen LogP contribution in [-0.2, 0) is 10.0 Å². The molecule has 7 heteroatoms. The summed E-state index contributed by atoms with van der Waals surface area (Å²) in [7, 11) is -3.85. The number of sulfonamides is 1. The Morgan fingerprint density at radius 3 is 2.36 bits per heavy atom. The highest BCUT2D eigenvalue weighted by atomic mass is 32.2. The monoisotopic (exact) mass is 398 g/mol. The molecule has 0 unspecified atom stereocenters. The molecule has 0 aromatic heterocycles. The van der Waals surface area contributed by atoms with Crippen molar-refractivity contribution in [2.75, 3.05) is 16.2 Å². The Morgan fingerprint density at radius 2 is 1.68 bits per heavy atom. The number of nitrogens with zero attached hydrogens (tertiary/aromatic N) is 1. The minimum absolute atomic E-state index is 0.00472. The molecule has 0 heterocycles. The van der Waals surface area contributed by atoms with Gasteiger partial charge in [0.05, 0.1) is 10.6 Å². The van der Waals surface area contributed by atoms with Gasteiger partial charge in [0.1, 0.15) is 5.82 Å². The van der Waals surface area contributed by atoms with Crippen LogP contribution in [-0.4, -0.2) is 20.9 Å². The zero-order valence-corrected chi connectivity index (χ0v) is 16.0. The van der Waals surface area contributed by atoms with E-state index in [4.69, 9.17) is 0 Å². The van der Waals surface area contributed by atoms with E-state index in [-0.39, 0.29) is 22.7 Å². The molecule has 3 rings (SSSR count). The fourth-order valence-electron chi connectivity index (χ4n) is 2.78. The van der Waals surface area contributed by atoms with Crippen molar-refractivity contribution in [2.24, 2.45) is 0 Å². The molecule has 0 bridgehead atoms. The van der Waals surface area contributed by atoms with E-state index in [0.29, 0.717) is 5.69 Å². The quantitative estimate of drug-likeness (QED) is 0.673. The summed E-state index contributed by atoms with van der Waals surface area (Å²) in [6, 6.07) is 20.0. The van der Waals surface area contributed by atoms with Gasteiger partial charge in [0.15, 0.2) is 0 Å². The van der Waals surface area contributed by atoms with Gasteiger partial charge in [-0.15, -0.1) is 0 Å². The highest BCUT2D eigenvalue weighted by molar-refractivity contribution is 7.92. The maximum atomic E-state index is 13.3. The number of halogens is 1. The molecule has 0 aliphatic rings. The first-order valence-corrected chi connectivity index (χ1v) is 10.1. The molecule has 1 amide bonds. The molecule has 5 nitrogen and oxygen atoms in total. The van der Waals surface area contributed by atoms with Crippen LogP contribution in [0.1, 0.15) is 17.3 Å². The molecule has 0 fully saturated rings. The van der Waals surface area contributed by atoms with Crippen LogP contribution < -0.4 is 9.62 Å². The molecule has 0 aliphatic heterocycles. The van der Waals surface area contributed by atoms with E-state index in [1.165, 1.54) is 46.8 Å². The van der Waals surface area contributed by atoms with E-state index in [9.17, 15) is 17.6 Å². The number of anilines is 2. The highest BCUT2D eigenvalue weighted by Crippen LogP contribution is 2.24. The van der Waals surface area contributed by atoms with E-state index in [1.54, 1.807) is 43.3 Å². The first kappa shape index (κ1) is 19.6. The number of hydrogen-bond acceptors (Lipinski definition) is 3. The zero-order valence-electron chi connectivity index (χ0n) is 15.2. The fraction of sp³-hybridized carbons (Fsp3) is 0.0952. The molecule has 3 aromatic rings. The normalized spacial score (nSPS) is 11.1. The largest absolute Gasteiger partial charge is 0.322 e. The summed E-state index contributed by atoms with van der Waals surface area (Å²) in [5, 5.41) is 2.57. The second-order valence-corrected chi connectivity index (χ2v) is 7.86. The Bertz CT molecular complexity index is 1090. The summed E-state index contributed by atoms with van der Waals surface area (Å²) in [6.07, 6.45) is 0. The summed E-state index contributed by atoms with van der Waals surface area (Å²) >= 11 is 0. The van der Waals surface area contributed by atoms with Crippen molar-refractivity contribution in [1.82, 2.24) is 0 Å². The van der Waals surface area contributed by atoms with Crippen molar-refractivity contribution >= 4 is 27.3 Å². The van der Waals surface area contributed by atoms with Gasteiger partial charge in [0.2, 0.25) is 0 Å². The van der Waals surface area contributed by atoms with E-state index < -0.39 is 21.7 Å². The molecule has 0 aliphatic carbocycles. The fourth-order valence-corrected chi connectivity index (χ4v) is 4.30. The van der Waals surface area contributed by atoms with Gasteiger partial charge < -0.3 is 5.32 Å². The van der Waals surface area contributed by atoms with E-state index >= 15 is 0 Å². The van der Waals surface area contributed by atoms with Gasteiger partial charge in [-0.1, -0.05) is 30.3 Å². The number of hydrogen-bond donors (Lipinski definition) is 1. The third kappa shape index (κ3) is 4.20. The van der Waals surface area contributed by atoms with E-state index in [0.717, 1.165) is 0 Å². The first-order chi connectivity index (χ1) is 13.4. The average Bonchev–Trinajstić information content (AvgIpc) is 2.69. The van der Waals surface area contributed by atoms with Gasteiger partial charge in [-0.3, -0.25) is 9.10 Å². The van der Waals surface area contributed by atoms with Crippen LogP contribution in [0, 0.1) is 5.82 Å².